The van der Waals surface area contributed by atoms with Gasteiger partial charge in [-0.05, 0) is 18.8 Å². The fraction of sp³-hybridized carbons (Fsp3) is 0.857. The van der Waals surface area contributed by atoms with Gasteiger partial charge in [0.15, 0.2) is 0 Å². The highest BCUT2D eigenvalue weighted by Crippen LogP contribution is 2.24. The summed E-state index contributed by atoms with van der Waals surface area (Å²) in [5.74, 6) is 6.13. The number of hydrogen-bond donors (Lipinski definition) is 3. The third-order valence-corrected chi connectivity index (χ3v) is 2.14. The van der Waals surface area contributed by atoms with Crippen molar-refractivity contribution in [2.45, 2.75) is 25.7 Å². The summed E-state index contributed by atoms with van der Waals surface area (Å²) in [5, 5.41) is 0. The summed E-state index contributed by atoms with van der Waals surface area (Å²) >= 11 is 0. The maximum Gasteiger partial charge on any atom is 0.203 e. The molecule has 0 atom stereocenters. The molecule has 0 aromatic heterocycles. The Bertz CT molecular complexity index is 137. The lowest BCUT2D eigenvalue weighted by Gasteiger charge is -2.04. The second-order valence-corrected chi connectivity index (χ2v) is 3.02. The number of hydrazine groups is 1. The van der Waals surface area contributed by atoms with Gasteiger partial charge in [0.1, 0.15) is 0 Å². The van der Waals surface area contributed by atoms with E-state index in [1.807, 2.05) is 0 Å². The van der Waals surface area contributed by atoms with Crippen LogP contribution in [0.25, 0.3) is 0 Å². The molecule has 0 aromatic carbocycles. The molecular weight excluding hydrogens is 140 g/mol. The predicted octanol–water partition coefficient (Wildman–Crippen LogP) is -0.0454. The van der Waals surface area contributed by atoms with Gasteiger partial charge >= 0.3 is 0 Å². The van der Waals surface area contributed by atoms with Crippen molar-refractivity contribution in [2.24, 2.45) is 22.5 Å². The van der Waals surface area contributed by atoms with Crippen LogP contribution >= 0.6 is 0 Å². The molecule has 0 bridgehead atoms. The number of guanidine groups is 1. The van der Waals surface area contributed by atoms with Crippen molar-refractivity contribution < 1.29 is 0 Å². The first kappa shape index (κ1) is 8.33. The van der Waals surface area contributed by atoms with Crippen LogP contribution in [0.1, 0.15) is 25.7 Å². The number of aliphatic imine (C=N–C) groups is 1. The molecule has 1 fully saturated rings. The number of nitrogens with one attached hydrogen (secondary N) is 1. The van der Waals surface area contributed by atoms with E-state index in [-0.39, 0.29) is 0 Å². The van der Waals surface area contributed by atoms with E-state index in [4.69, 9.17) is 11.6 Å². The van der Waals surface area contributed by atoms with E-state index >= 15 is 0 Å². The monoisotopic (exact) mass is 156 g/mol. The highest BCUT2D eigenvalue weighted by Gasteiger charge is 2.13. The van der Waals surface area contributed by atoms with Gasteiger partial charge in [0.2, 0.25) is 5.96 Å². The molecule has 1 aliphatic carbocycles. The van der Waals surface area contributed by atoms with Gasteiger partial charge in [0.25, 0.3) is 0 Å². The third-order valence-electron chi connectivity index (χ3n) is 2.14. The van der Waals surface area contributed by atoms with Crippen molar-refractivity contribution in [3.05, 3.63) is 0 Å². The zero-order valence-corrected chi connectivity index (χ0v) is 6.71. The summed E-state index contributed by atoms with van der Waals surface area (Å²) in [7, 11) is 0. The second-order valence-electron chi connectivity index (χ2n) is 3.02. The molecule has 0 aromatic rings. The van der Waals surface area contributed by atoms with Crippen LogP contribution < -0.4 is 17.0 Å². The summed E-state index contributed by atoms with van der Waals surface area (Å²) < 4.78 is 0. The molecule has 0 radical (unpaired) electrons. The van der Waals surface area contributed by atoms with Gasteiger partial charge in [-0.3, -0.25) is 10.4 Å². The Morgan fingerprint density at radius 1 is 1.45 bits per heavy atom. The predicted molar refractivity (Wildman–Crippen MR) is 45.8 cm³/mol. The minimum absolute atomic E-state index is 0.344. The van der Waals surface area contributed by atoms with Crippen LogP contribution in [-0.2, 0) is 0 Å². The molecule has 0 spiro atoms. The topological polar surface area (TPSA) is 76.4 Å². The van der Waals surface area contributed by atoms with Crippen molar-refractivity contribution in [3.8, 4) is 0 Å². The van der Waals surface area contributed by atoms with Crippen LogP contribution in [0, 0.1) is 5.92 Å². The van der Waals surface area contributed by atoms with Crippen LogP contribution in [-0.4, -0.2) is 12.5 Å². The maximum atomic E-state index is 5.36. The Morgan fingerprint density at radius 2 is 2.09 bits per heavy atom. The van der Waals surface area contributed by atoms with E-state index in [2.05, 4.69) is 10.4 Å². The van der Waals surface area contributed by atoms with Crippen molar-refractivity contribution in [3.63, 3.8) is 0 Å². The lowest BCUT2D eigenvalue weighted by Crippen LogP contribution is -2.37. The number of rotatable bonds is 2. The molecule has 0 heterocycles. The van der Waals surface area contributed by atoms with Crippen LogP contribution in [0.5, 0.6) is 0 Å². The molecule has 0 aliphatic heterocycles. The Balaban J connectivity index is 2.19. The van der Waals surface area contributed by atoms with E-state index in [1.165, 1.54) is 25.7 Å². The SMILES string of the molecule is NNC(N)=NCC1CCCC1. The largest absolute Gasteiger partial charge is 0.369 e. The van der Waals surface area contributed by atoms with Gasteiger partial charge in [-0.25, -0.2) is 5.84 Å². The van der Waals surface area contributed by atoms with E-state index < -0.39 is 0 Å². The summed E-state index contributed by atoms with van der Waals surface area (Å²) in [6.07, 6.45) is 5.27. The minimum Gasteiger partial charge on any atom is -0.369 e. The van der Waals surface area contributed by atoms with E-state index in [0.717, 1.165) is 12.5 Å². The van der Waals surface area contributed by atoms with Crippen molar-refractivity contribution in [2.75, 3.05) is 6.54 Å². The van der Waals surface area contributed by atoms with E-state index in [0.29, 0.717) is 5.96 Å². The highest BCUT2D eigenvalue weighted by molar-refractivity contribution is 5.77. The first-order valence-corrected chi connectivity index (χ1v) is 4.09. The molecule has 1 aliphatic rings. The van der Waals surface area contributed by atoms with Gasteiger partial charge in [-0.1, -0.05) is 12.8 Å². The van der Waals surface area contributed by atoms with Crippen molar-refractivity contribution in [1.29, 1.82) is 0 Å². The normalized spacial score (nSPS) is 20.6. The molecule has 0 saturated heterocycles. The first-order chi connectivity index (χ1) is 5.33. The molecule has 0 amide bonds. The Kier molecular flexibility index (Phi) is 3.16. The average molecular weight is 156 g/mol. The summed E-state index contributed by atoms with van der Waals surface area (Å²) in [6.45, 7) is 0.829. The quantitative estimate of drug-likeness (QED) is 0.227. The zero-order chi connectivity index (χ0) is 8.10. The van der Waals surface area contributed by atoms with Gasteiger partial charge < -0.3 is 5.73 Å². The molecule has 4 nitrogen and oxygen atoms in total. The number of hydrogen-bond acceptors (Lipinski definition) is 2. The molecule has 1 saturated carbocycles. The first-order valence-electron chi connectivity index (χ1n) is 4.09. The fourth-order valence-corrected chi connectivity index (χ4v) is 1.47. The summed E-state index contributed by atoms with van der Waals surface area (Å²) in [5.41, 5.74) is 7.68. The summed E-state index contributed by atoms with van der Waals surface area (Å²) in [4.78, 5) is 4.08. The molecule has 1 rings (SSSR count). The van der Waals surface area contributed by atoms with E-state index in [1.54, 1.807) is 0 Å². The Labute approximate surface area is 67.0 Å². The molecule has 5 N–H and O–H groups in total. The van der Waals surface area contributed by atoms with Gasteiger partial charge in [0, 0.05) is 6.54 Å². The fourth-order valence-electron chi connectivity index (χ4n) is 1.47. The lowest BCUT2D eigenvalue weighted by molar-refractivity contribution is 0.562. The number of nitrogens with two attached hydrogens (primary N) is 2. The number of nitrogens with zero attached hydrogens (tertiary/aromatic N) is 1. The zero-order valence-electron chi connectivity index (χ0n) is 6.71. The Hall–Kier alpha value is -0.770. The lowest BCUT2D eigenvalue weighted by atomic mass is 10.1. The van der Waals surface area contributed by atoms with Crippen molar-refractivity contribution >= 4 is 5.96 Å². The minimum atomic E-state index is 0.344. The summed E-state index contributed by atoms with van der Waals surface area (Å²) in [6, 6.07) is 0. The van der Waals surface area contributed by atoms with Gasteiger partial charge in [0.05, 0.1) is 0 Å². The molecule has 0 unspecified atom stereocenters. The standard InChI is InChI=1S/C7H16N4/c8-7(11-9)10-5-6-3-1-2-4-6/h6H,1-5,9H2,(H3,8,10,11). The van der Waals surface area contributed by atoms with E-state index in [9.17, 15) is 0 Å². The van der Waals surface area contributed by atoms with Crippen molar-refractivity contribution in [1.82, 2.24) is 5.43 Å². The third kappa shape index (κ3) is 2.76. The Morgan fingerprint density at radius 3 is 2.64 bits per heavy atom. The molecule has 11 heavy (non-hydrogen) atoms. The molecule has 64 valence electrons. The van der Waals surface area contributed by atoms with Crippen LogP contribution in [0.3, 0.4) is 0 Å². The smallest absolute Gasteiger partial charge is 0.203 e. The molecule has 4 heteroatoms. The van der Waals surface area contributed by atoms with Gasteiger partial charge in [-0.15, -0.1) is 0 Å². The highest BCUT2D eigenvalue weighted by atomic mass is 15.3. The molecular formula is C7H16N4. The van der Waals surface area contributed by atoms with Crippen LogP contribution in [0.4, 0.5) is 0 Å². The van der Waals surface area contributed by atoms with Crippen LogP contribution in [0.15, 0.2) is 4.99 Å². The maximum absolute atomic E-state index is 5.36. The van der Waals surface area contributed by atoms with Crippen LogP contribution in [0.2, 0.25) is 0 Å². The average Bonchev–Trinajstić information content (AvgIpc) is 2.52. The second kappa shape index (κ2) is 4.18. The van der Waals surface area contributed by atoms with Gasteiger partial charge in [-0.2, -0.15) is 0 Å².